The summed E-state index contributed by atoms with van der Waals surface area (Å²) in [5.74, 6) is 0. The number of rotatable bonds is 0. The van der Waals surface area contributed by atoms with Gasteiger partial charge in [-0.1, -0.05) is 0 Å². The van der Waals surface area contributed by atoms with Gasteiger partial charge in [0.1, 0.15) is 0 Å². The highest BCUT2D eigenvalue weighted by Crippen LogP contribution is 2.29. The Morgan fingerprint density at radius 3 is 3.17 bits per heavy atom. The smallest absolute Gasteiger partial charge is 0.230 e. The normalized spacial score (nSPS) is 21.9. The van der Waals surface area contributed by atoms with Gasteiger partial charge in [0.2, 0.25) is 5.69 Å². The lowest BCUT2D eigenvalue weighted by atomic mass is 9.95. The molecule has 0 bridgehead atoms. The van der Waals surface area contributed by atoms with Crippen molar-refractivity contribution in [2.45, 2.75) is 25.4 Å². The Morgan fingerprint density at radius 2 is 2.42 bits per heavy atom. The van der Waals surface area contributed by atoms with Crippen LogP contribution >= 0.6 is 0 Å². The molecule has 0 aliphatic heterocycles. The lowest BCUT2D eigenvalue weighted by molar-refractivity contribution is -0.618. The third-order valence-corrected chi connectivity index (χ3v) is 2.29. The van der Waals surface area contributed by atoms with Gasteiger partial charge in [0.15, 0.2) is 12.4 Å². The fraction of sp³-hybridized carbons (Fsp3) is 0.444. The summed E-state index contributed by atoms with van der Waals surface area (Å²) >= 11 is 0. The summed E-state index contributed by atoms with van der Waals surface area (Å²) in [7, 11) is 0. The van der Waals surface area contributed by atoms with E-state index in [-0.39, 0.29) is 0 Å². The molecule has 3 heteroatoms. The number of halogens is 1. The van der Waals surface area contributed by atoms with E-state index in [0.29, 0.717) is 16.8 Å². The second-order valence-electron chi connectivity index (χ2n) is 3.10. The molecule has 0 aromatic carbocycles. The van der Waals surface area contributed by atoms with Gasteiger partial charge in [-0.25, -0.2) is 4.39 Å². The van der Waals surface area contributed by atoms with Gasteiger partial charge in [-0.15, -0.1) is 0 Å². The van der Waals surface area contributed by atoms with E-state index in [0.717, 1.165) is 18.4 Å². The largest absolute Gasteiger partial charge is 0.618 e. The number of nitrogens with zero attached hydrogens (tertiary/aromatic N) is 1. The molecule has 0 N–H and O–H groups in total. The second kappa shape index (κ2) is 2.73. The van der Waals surface area contributed by atoms with E-state index < -0.39 is 6.17 Å². The van der Waals surface area contributed by atoms with Crippen molar-refractivity contribution in [2.24, 2.45) is 0 Å². The predicted octanol–water partition coefficient (Wildman–Crippen LogP) is 1.67. The number of aromatic nitrogens is 1. The molecule has 1 aromatic heterocycles. The van der Waals surface area contributed by atoms with Crippen LogP contribution in [0.3, 0.4) is 0 Å². The molecule has 0 spiro atoms. The van der Waals surface area contributed by atoms with Crippen LogP contribution in [0.5, 0.6) is 0 Å². The average molecular weight is 167 g/mol. The average Bonchev–Trinajstić information content (AvgIpc) is 2.04. The molecule has 2 rings (SSSR count). The minimum absolute atomic E-state index is 0.323. The summed E-state index contributed by atoms with van der Waals surface area (Å²) in [6, 6.07) is 3.50. The Hall–Kier alpha value is -1.12. The molecular formula is C9H10FNO. The molecule has 1 aliphatic rings. The lowest BCUT2D eigenvalue weighted by Crippen LogP contribution is -2.35. The van der Waals surface area contributed by atoms with Gasteiger partial charge < -0.3 is 5.21 Å². The van der Waals surface area contributed by atoms with Crippen molar-refractivity contribution in [3.63, 3.8) is 0 Å². The first-order valence-corrected chi connectivity index (χ1v) is 4.14. The van der Waals surface area contributed by atoms with Crippen LogP contribution in [0.4, 0.5) is 4.39 Å². The molecule has 0 fully saturated rings. The Morgan fingerprint density at radius 1 is 1.58 bits per heavy atom. The second-order valence-corrected chi connectivity index (χ2v) is 3.10. The van der Waals surface area contributed by atoms with Crippen molar-refractivity contribution in [2.75, 3.05) is 0 Å². The van der Waals surface area contributed by atoms with E-state index in [9.17, 15) is 9.60 Å². The Kier molecular flexibility index (Phi) is 1.71. The molecule has 1 atom stereocenters. The Balaban J connectivity index is 2.53. The quantitative estimate of drug-likeness (QED) is 0.426. The Bertz CT molecular complexity index is 301. The van der Waals surface area contributed by atoms with Crippen LogP contribution in [0.15, 0.2) is 18.3 Å². The van der Waals surface area contributed by atoms with Gasteiger partial charge >= 0.3 is 0 Å². The highest BCUT2D eigenvalue weighted by molar-refractivity contribution is 5.20. The van der Waals surface area contributed by atoms with Crippen LogP contribution in [-0.4, -0.2) is 0 Å². The van der Waals surface area contributed by atoms with E-state index in [4.69, 9.17) is 0 Å². The fourth-order valence-electron chi connectivity index (χ4n) is 1.70. The van der Waals surface area contributed by atoms with E-state index in [1.54, 1.807) is 6.07 Å². The topological polar surface area (TPSA) is 26.9 Å². The third kappa shape index (κ3) is 1.05. The summed E-state index contributed by atoms with van der Waals surface area (Å²) < 4.78 is 13.9. The molecule has 0 amide bonds. The molecule has 1 heterocycles. The highest BCUT2D eigenvalue weighted by atomic mass is 19.1. The highest BCUT2D eigenvalue weighted by Gasteiger charge is 2.26. The molecule has 1 aromatic rings. The van der Waals surface area contributed by atoms with Crippen LogP contribution in [0.25, 0.3) is 0 Å². The van der Waals surface area contributed by atoms with Crippen molar-refractivity contribution in [1.82, 2.24) is 0 Å². The fourth-order valence-corrected chi connectivity index (χ4v) is 1.70. The summed E-state index contributed by atoms with van der Waals surface area (Å²) in [4.78, 5) is 0. The maximum absolute atomic E-state index is 13.2. The van der Waals surface area contributed by atoms with Crippen molar-refractivity contribution in [3.05, 3.63) is 34.8 Å². The van der Waals surface area contributed by atoms with E-state index >= 15 is 0 Å². The number of hydrogen-bond acceptors (Lipinski definition) is 1. The van der Waals surface area contributed by atoms with Crippen LogP contribution in [0.1, 0.15) is 30.3 Å². The molecule has 2 nitrogen and oxygen atoms in total. The molecular weight excluding hydrogens is 157 g/mol. The Labute approximate surface area is 70.2 Å². The minimum Gasteiger partial charge on any atom is -0.618 e. The van der Waals surface area contributed by atoms with Crippen LogP contribution in [-0.2, 0) is 6.42 Å². The standard InChI is InChI=1S/C9H10FNO/c10-8-5-1-3-7-4-2-6-11(12)9(7)8/h2,4,6,8H,1,3,5H2/t8-/m0/s1. The van der Waals surface area contributed by atoms with Gasteiger partial charge in [0.25, 0.3) is 0 Å². The number of fused-ring (bicyclic) bond motifs is 1. The van der Waals surface area contributed by atoms with E-state index in [1.165, 1.54) is 6.20 Å². The van der Waals surface area contributed by atoms with Crippen molar-refractivity contribution >= 4 is 0 Å². The molecule has 0 saturated carbocycles. The number of pyridine rings is 1. The number of hydrogen-bond donors (Lipinski definition) is 0. The van der Waals surface area contributed by atoms with Crippen molar-refractivity contribution < 1.29 is 9.12 Å². The van der Waals surface area contributed by atoms with Gasteiger partial charge in [-0.05, 0) is 25.3 Å². The molecule has 1 aliphatic carbocycles. The summed E-state index contributed by atoms with van der Waals surface area (Å²) in [6.07, 6.45) is 2.46. The van der Waals surface area contributed by atoms with Crippen LogP contribution in [0, 0.1) is 5.21 Å². The lowest BCUT2D eigenvalue weighted by Gasteiger charge is -2.17. The summed E-state index contributed by atoms with van der Waals surface area (Å²) in [6.45, 7) is 0. The van der Waals surface area contributed by atoms with Crippen molar-refractivity contribution in [3.8, 4) is 0 Å². The third-order valence-electron chi connectivity index (χ3n) is 2.29. The van der Waals surface area contributed by atoms with Crippen molar-refractivity contribution in [1.29, 1.82) is 0 Å². The monoisotopic (exact) mass is 167 g/mol. The van der Waals surface area contributed by atoms with Gasteiger partial charge in [-0.3, -0.25) is 0 Å². The van der Waals surface area contributed by atoms with Gasteiger partial charge in [0.05, 0.1) is 0 Å². The SMILES string of the molecule is [O-][n+]1cccc2c1[C@@H](F)CCC2. The zero-order valence-electron chi connectivity index (χ0n) is 6.66. The first-order chi connectivity index (χ1) is 5.79. The van der Waals surface area contributed by atoms with E-state index in [2.05, 4.69) is 0 Å². The molecule has 12 heavy (non-hydrogen) atoms. The maximum atomic E-state index is 13.2. The zero-order chi connectivity index (χ0) is 8.55. The summed E-state index contributed by atoms with van der Waals surface area (Å²) in [5.41, 5.74) is 1.19. The number of aryl methyl sites for hydroxylation is 1. The maximum Gasteiger partial charge on any atom is 0.230 e. The molecule has 0 saturated heterocycles. The molecule has 0 unspecified atom stereocenters. The first kappa shape index (κ1) is 7.53. The molecule has 0 radical (unpaired) electrons. The summed E-state index contributed by atoms with van der Waals surface area (Å²) in [5, 5.41) is 11.2. The minimum atomic E-state index is -1.06. The molecule has 64 valence electrons. The van der Waals surface area contributed by atoms with E-state index in [1.807, 2.05) is 6.07 Å². The van der Waals surface area contributed by atoms with Gasteiger partial charge in [-0.2, -0.15) is 4.73 Å². The predicted molar refractivity (Wildman–Crippen MR) is 42.2 cm³/mol. The zero-order valence-corrected chi connectivity index (χ0v) is 6.66. The van der Waals surface area contributed by atoms with Gasteiger partial charge in [0, 0.05) is 11.6 Å². The van der Waals surface area contributed by atoms with Crippen LogP contribution in [0.2, 0.25) is 0 Å². The van der Waals surface area contributed by atoms with Crippen LogP contribution < -0.4 is 4.73 Å². The number of alkyl halides is 1. The first-order valence-electron chi connectivity index (χ1n) is 4.14.